The van der Waals surface area contributed by atoms with Gasteiger partial charge < -0.3 is 5.32 Å². The van der Waals surface area contributed by atoms with Crippen LogP contribution in [0.1, 0.15) is 32.6 Å². The van der Waals surface area contributed by atoms with Crippen LogP contribution in [-0.2, 0) is 0 Å². The zero-order chi connectivity index (χ0) is 13.9. The number of hydrogen-bond acceptors (Lipinski definition) is 2. The summed E-state index contributed by atoms with van der Waals surface area (Å²) < 4.78 is 36.6. The largest absolute Gasteiger partial charge is 0.446 e. The van der Waals surface area contributed by atoms with Gasteiger partial charge in [0.1, 0.15) is 0 Å². The van der Waals surface area contributed by atoms with Crippen LogP contribution in [0, 0.1) is 5.92 Å². The summed E-state index contributed by atoms with van der Waals surface area (Å²) in [5.74, 6) is 0.623. The highest BCUT2D eigenvalue weighted by Gasteiger charge is 2.29. The molecule has 19 heavy (non-hydrogen) atoms. The van der Waals surface area contributed by atoms with Crippen molar-refractivity contribution in [1.29, 1.82) is 0 Å². The smallest absolute Gasteiger partial charge is 0.382 e. The molecule has 1 N–H and O–H groups in total. The Morgan fingerprint density at radius 2 is 1.74 bits per heavy atom. The van der Waals surface area contributed by atoms with E-state index in [1.54, 1.807) is 12.1 Å². The molecule has 0 spiro atoms. The summed E-state index contributed by atoms with van der Waals surface area (Å²) in [6.07, 6.45) is 4.87. The fourth-order valence-electron chi connectivity index (χ4n) is 2.50. The van der Waals surface area contributed by atoms with E-state index in [1.165, 1.54) is 31.4 Å². The van der Waals surface area contributed by atoms with Gasteiger partial charge in [0.05, 0.1) is 0 Å². The van der Waals surface area contributed by atoms with Crippen LogP contribution in [0.4, 0.5) is 18.9 Å². The molecule has 2 unspecified atom stereocenters. The minimum absolute atomic E-state index is 0.0717. The molecule has 1 aromatic carbocycles. The number of anilines is 1. The lowest BCUT2D eigenvalue weighted by Gasteiger charge is -2.30. The molecule has 0 aromatic heterocycles. The number of benzene rings is 1. The second-order valence-electron chi connectivity index (χ2n) is 5.08. The Labute approximate surface area is 116 Å². The van der Waals surface area contributed by atoms with Gasteiger partial charge >= 0.3 is 5.51 Å². The zero-order valence-corrected chi connectivity index (χ0v) is 11.7. The van der Waals surface area contributed by atoms with Crippen molar-refractivity contribution in [1.82, 2.24) is 0 Å². The number of rotatable bonds is 3. The first-order chi connectivity index (χ1) is 8.94. The van der Waals surface area contributed by atoms with Gasteiger partial charge in [0, 0.05) is 16.6 Å². The van der Waals surface area contributed by atoms with Gasteiger partial charge in [-0.1, -0.05) is 19.8 Å². The van der Waals surface area contributed by atoms with Gasteiger partial charge in [-0.15, -0.1) is 0 Å². The average molecular weight is 289 g/mol. The lowest BCUT2D eigenvalue weighted by molar-refractivity contribution is -0.0328. The highest BCUT2D eigenvalue weighted by atomic mass is 32.2. The number of alkyl halides is 3. The summed E-state index contributed by atoms with van der Waals surface area (Å²) in [4.78, 5) is 0.231. The summed E-state index contributed by atoms with van der Waals surface area (Å²) in [6, 6.07) is 6.95. The topological polar surface area (TPSA) is 12.0 Å². The van der Waals surface area contributed by atoms with Gasteiger partial charge in [-0.2, -0.15) is 13.2 Å². The molecule has 0 aliphatic heterocycles. The Morgan fingerprint density at radius 1 is 1.11 bits per heavy atom. The summed E-state index contributed by atoms with van der Waals surface area (Å²) >= 11 is -0.0717. The van der Waals surface area contributed by atoms with Crippen molar-refractivity contribution in [3.8, 4) is 0 Å². The second-order valence-corrected chi connectivity index (χ2v) is 6.22. The molecule has 1 aliphatic carbocycles. The van der Waals surface area contributed by atoms with Crippen LogP contribution in [0.5, 0.6) is 0 Å². The molecule has 0 saturated heterocycles. The summed E-state index contributed by atoms with van der Waals surface area (Å²) in [6.45, 7) is 2.23. The van der Waals surface area contributed by atoms with E-state index >= 15 is 0 Å². The fourth-order valence-corrected chi connectivity index (χ4v) is 3.04. The van der Waals surface area contributed by atoms with Crippen molar-refractivity contribution in [2.45, 2.75) is 49.1 Å². The first-order valence-electron chi connectivity index (χ1n) is 6.56. The molecule has 0 amide bonds. The van der Waals surface area contributed by atoms with Crippen molar-refractivity contribution < 1.29 is 13.2 Å². The predicted molar refractivity (Wildman–Crippen MR) is 73.4 cm³/mol. The molecule has 1 saturated carbocycles. The van der Waals surface area contributed by atoms with E-state index in [1.807, 2.05) is 0 Å². The molecular weight excluding hydrogens is 271 g/mol. The van der Waals surface area contributed by atoms with Crippen LogP contribution in [-0.4, -0.2) is 11.6 Å². The molecule has 2 rings (SSSR count). The van der Waals surface area contributed by atoms with Crippen LogP contribution >= 0.6 is 11.8 Å². The number of halogens is 3. The van der Waals surface area contributed by atoms with Crippen LogP contribution in [0.2, 0.25) is 0 Å². The molecule has 0 radical (unpaired) electrons. The molecule has 0 bridgehead atoms. The van der Waals surface area contributed by atoms with Crippen LogP contribution in [0.15, 0.2) is 29.2 Å². The second kappa shape index (κ2) is 6.07. The van der Waals surface area contributed by atoms with E-state index in [9.17, 15) is 13.2 Å². The third-order valence-corrected chi connectivity index (χ3v) is 4.29. The Balaban J connectivity index is 1.94. The van der Waals surface area contributed by atoms with Crippen molar-refractivity contribution in [2.24, 2.45) is 5.92 Å². The zero-order valence-electron chi connectivity index (χ0n) is 10.8. The third kappa shape index (κ3) is 4.64. The molecule has 0 heterocycles. The third-order valence-electron chi connectivity index (χ3n) is 3.55. The maximum atomic E-state index is 12.2. The molecular formula is C14H18F3NS. The van der Waals surface area contributed by atoms with E-state index in [0.717, 1.165) is 12.1 Å². The summed E-state index contributed by atoms with van der Waals surface area (Å²) in [5.41, 5.74) is -3.31. The minimum Gasteiger partial charge on any atom is -0.382 e. The van der Waals surface area contributed by atoms with Gasteiger partial charge in [0.2, 0.25) is 0 Å². The molecule has 1 aromatic rings. The van der Waals surface area contributed by atoms with E-state index in [-0.39, 0.29) is 16.7 Å². The minimum atomic E-state index is -4.22. The maximum absolute atomic E-state index is 12.2. The molecule has 1 nitrogen and oxygen atoms in total. The van der Waals surface area contributed by atoms with Crippen LogP contribution < -0.4 is 5.32 Å². The van der Waals surface area contributed by atoms with E-state index in [4.69, 9.17) is 0 Å². The monoisotopic (exact) mass is 289 g/mol. The average Bonchev–Trinajstić information content (AvgIpc) is 2.33. The highest BCUT2D eigenvalue weighted by molar-refractivity contribution is 8.00. The first-order valence-corrected chi connectivity index (χ1v) is 7.38. The van der Waals surface area contributed by atoms with Crippen LogP contribution in [0.25, 0.3) is 0 Å². The van der Waals surface area contributed by atoms with Gasteiger partial charge in [0.25, 0.3) is 0 Å². The van der Waals surface area contributed by atoms with Gasteiger partial charge in [-0.3, -0.25) is 0 Å². The Kier molecular flexibility index (Phi) is 4.66. The number of hydrogen-bond donors (Lipinski definition) is 1. The van der Waals surface area contributed by atoms with Crippen LogP contribution in [0.3, 0.4) is 0 Å². The standard InChI is InChI=1S/C14H18F3NS/c1-10-4-2-3-5-13(10)18-11-6-8-12(9-7-11)19-14(15,16)17/h6-10,13,18H,2-5H2,1H3. The SMILES string of the molecule is CC1CCCCC1Nc1ccc(SC(F)(F)F)cc1. The van der Waals surface area contributed by atoms with Gasteiger partial charge in [-0.05, 0) is 54.8 Å². The lowest BCUT2D eigenvalue weighted by atomic mass is 9.86. The van der Waals surface area contributed by atoms with E-state index in [0.29, 0.717) is 12.0 Å². The van der Waals surface area contributed by atoms with E-state index < -0.39 is 5.51 Å². The molecule has 1 fully saturated rings. The predicted octanol–water partition coefficient (Wildman–Crippen LogP) is 5.29. The van der Waals surface area contributed by atoms with Gasteiger partial charge in [0.15, 0.2) is 0 Å². The Hall–Kier alpha value is -0.840. The quantitative estimate of drug-likeness (QED) is 0.759. The normalized spacial score (nSPS) is 24.2. The summed E-state index contributed by atoms with van der Waals surface area (Å²) in [5, 5.41) is 3.43. The summed E-state index contributed by atoms with van der Waals surface area (Å²) in [7, 11) is 0. The number of thioether (sulfide) groups is 1. The highest BCUT2D eigenvalue weighted by Crippen LogP contribution is 2.37. The molecule has 5 heteroatoms. The van der Waals surface area contributed by atoms with Gasteiger partial charge in [-0.25, -0.2) is 0 Å². The van der Waals surface area contributed by atoms with Crippen molar-refractivity contribution in [3.63, 3.8) is 0 Å². The van der Waals surface area contributed by atoms with Crippen molar-refractivity contribution >= 4 is 17.4 Å². The molecule has 106 valence electrons. The maximum Gasteiger partial charge on any atom is 0.446 e. The first kappa shape index (κ1) is 14.6. The lowest BCUT2D eigenvalue weighted by Crippen LogP contribution is -2.30. The number of nitrogens with one attached hydrogen (secondary N) is 1. The van der Waals surface area contributed by atoms with Crippen molar-refractivity contribution in [3.05, 3.63) is 24.3 Å². The van der Waals surface area contributed by atoms with E-state index in [2.05, 4.69) is 12.2 Å². The van der Waals surface area contributed by atoms with Crippen molar-refractivity contribution in [2.75, 3.05) is 5.32 Å². The molecule has 1 aliphatic rings. The Bertz CT molecular complexity index is 402. The molecule has 2 atom stereocenters. The fraction of sp³-hybridized carbons (Fsp3) is 0.571. The Morgan fingerprint density at radius 3 is 2.32 bits per heavy atom.